The minimum absolute atomic E-state index is 0.872. The van der Waals surface area contributed by atoms with Gasteiger partial charge in [0.1, 0.15) is 11.2 Å². The van der Waals surface area contributed by atoms with Crippen molar-refractivity contribution in [2.24, 2.45) is 0 Å². The predicted molar refractivity (Wildman–Crippen MR) is 228 cm³/mol. The van der Waals surface area contributed by atoms with E-state index in [1.807, 2.05) is 12.1 Å². The van der Waals surface area contributed by atoms with Crippen LogP contribution in [0.25, 0.3) is 77.2 Å². The molecule has 0 atom stereocenters. The number of anilines is 3. The molecule has 0 spiro atoms. The number of rotatable bonds is 7. The van der Waals surface area contributed by atoms with Crippen LogP contribution < -0.4 is 4.90 Å². The minimum atomic E-state index is 0.872. The van der Waals surface area contributed by atoms with Crippen molar-refractivity contribution in [3.63, 3.8) is 0 Å². The number of nitrogens with zero attached hydrogens (tertiary/aromatic N) is 1. The fourth-order valence-corrected chi connectivity index (χ4v) is 8.01. The fraction of sp³-hybridized carbons (Fsp3) is 0. The molecule has 0 saturated carbocycles. The molecule has 0 fully saturated rings. The van der Waals surface area contributed by atoms with E-state index in [1.54, 1.807) is 0 Å². The van der Waals surface area contributed by atoms with E-state index >= 15 is 0 Å². The second-order valence-electron chi connectivity index (χ2n) is 13.7. The maximum atomic E-state index is 6.33. The van der Waals surface area contributed by atoms with Crippen molar-refractivity contribution in [3.05, 3.63) is 212 Å². The summed E-state index contributed by atoms with van der Waals surface area (Å²) in [5.41, 5.74) is 14.4. The quantitative estimate of drug-likeness (QED) is 0.166. The van der Waals surface area contributed by atoms with Crippen LogP contribution in [0, 0.1) is 0 Å². The summed E-state index contributed by atoms with van der Waals surface area (Å²) in [4.78, 5) is 2.43. The van der Waals surface area contributed by atoms with E-state index in [1.165, 1.54) is 38.6 Å². The minimum Gasteiger partial charge on any atom is -0.456 e. The number of furan rings is 1. The molecule has 2 heteroatoms. The molecule has 0 amide bonds. The van der Waals surface area contributed by atoms with Crippen LogP contribution in [0.2, 0.25) is 0 Å². The second-order valence-corrected chi connectivity index (χ2v) is 13.7. The van der Waals surface area contributed by atoms with Crippen molar-refractivity contribution in [1.29, 1.82) is 0 Å². The lowest BCUT2D eigenvalue weighted by molar-refractivity contribution is 0.669. The Morgan fingerprint density at radius 3 is 1.70 bits per heavy atom. The second kappa shape index (κ2) is 13.4. The van der Waals surface area contributed by atoms with Crippen molar-refractivity contribution in [3.8, 4) is 44.5 Å². The molecular formula is C52H35NO. The van der Waals surface area contributed by atoms with Gasteiger partial charge in [-0.15, -0.1) is 0 Å². The molecule has 0 aliphatic rings. The summed E-state index contributed by atoms with van der Waals surface area (Å²) in [6, 6.07) is 76.1. The average molecular weight is 690 g/mol. The Labute approximate surface area is 314 Å². The summed E-state index contributed by atoms with van der Waals surface area (Å²) in [7, 11) is 0. The highest BCUT2D eigenvalue weighted by molar-refractivity contribution is 6.08. The zero-order chi connectivity index (χ0) is 35.8. The summed E-state index contributed by atoms with van der Waals surface area (Å²) in [5.74, 6) is 0. The normalized spacial score (nSPS) is 11.3. The monoisotopic (exact) mass is 689 g/mol. The Hall–Kier alpha value is -7.16. The molecule has 9 aromatic carbocycles. The Bertz CT molecular complexity index is 2940. The molecule has 0 saturated heterocycles. The topological polar surface area (TPSA) is 16.4 Å². The number of benzene rings is 9. The molecule has 0 radical (unpaired) electrons. The van der Waals surface area contributed by atoms with Crippen LogP contribution in [0.4, 0.5) is 17.1 Å². The van der Waals surface area contributed by atoms with Gasteiger partial charge in [0.25, 0.3) is 0 Å². The molecule has 0 aliphatic carbocycles. The molecular weight excluding hydrogens is 655 g/mol. The molecule has 0 N–H and O–H groups in total. The largest absolute Gasteiger partial charge is 0.456 e. The van der Waals surface area contributed by atoms with Gasteiger partial charge in [-0.3, -0.25) is 0 Å². The van der Waals surface area contributed by atoms with Gasteiger partial charge in [-0.05, 0) is 92.2 Å². The lowest BCUT2D eigenvalue weighted by atomic mass is 9.87. The molecule has 2 nitrogen and oxygen atoms in total. The van der Waals surface area contributed by atoms with Gasteiger partial charge >= 0.3 is 0 Å². The van der Waals surface area contributed by atoms with Crippen LogP contribution in [-0.4, -0.2) is 0 Å². The SMILES string of the molecule is c1ccc(-c2ccccc2-c2c(-c3ccccc3)cccc2N(c2cccc(-c3cccc4ccccc34)c2)c2ccc3oc4ccccc4c3c2)cc1. The summed E-state index contributed by atoms with van der Waals surface area (Å²) in [6.07, 6.45) is 0. The highest BCUT2D eigenvalue weighted by Crippen LogP contribution is 2.49. The third-order valence-corrected chi connectivity index (χ3v) is 10.5. The van der Waals surface area contributed by atoms with Gasteiger partial charge in [0, 0.05) is 27.7 Å². The molecule has 10 rings (SSSR count). The fourth-order valence-electron chi connectivity index (χ4n) is 8.01. The van der Waals surface area contributed by atoms with Gasteiger partial charge in [0.05, 0.1) is 5.69 Å². The number of para-hydroxylation sites is 1. The Morgan fingerprint density at radius 1 is 0.315 bits per heavy atom. The molecule has 54 heavy (non-hydrogen) atoms. The summed E-state index contributed by atoms with van der Waals surface area (Å²) >= 11 is 0. The third-order valence-electron chi connectivity index (χ3n) is 10.5. The molecule has 0 unspecified atom stereocenters. The van der Waals surface area contributed by atoms with E-state index in [4.69, 9.17) is 4.42 Å². The zero-order valence-electron chi connectivity index (χ0n) is 29.6. The lowest BCUT2D eigenvalue weighted by Crippen LogP contribution is -2.12. The molecule has 1 aromatic heterocycles. The summed E-state index contributed by atoms with van der Waals surface area (Å²) in [6.45, 7) is 0. The summed E-state index contributed by atoms with van der Waals surface area (Å²) in [5, 5.41) is 4.65. The van der Waals surface area contributed by atoms with Gasteiger partial charge in [0.15, 0.2) is 0 Å². The van der Waals surface area contributed by atoms with Crippen molar-refractivity contribution >= 4 is 49.8 Å². The van der Waals surface area contributed by atoms with Crippen molar-refractivity contribution in [1.82, 2.24) is 0 Å². The maximum absolute atomic E-state index is 6.33. The first-order valence-corrected chi connectivity index (χ1v) is 18.4. The standard InChI is InChI=1S/C52H35NO/c1-3-16-36(17-4-1)43-25-9-10-27-47(43)52-45(38-18-5-2-6-19-38)29-15-30-49(52)53(41-32-33-51-48(35-41)46-26-11-12-31-50(46)54-51)40-23-13-22-39(34-40)44-28-14-21-37-20-7-8-24-42(37)44/h1-35H. The van der Waals surface area contributed by atoms with E-state index in [2.05, 4.69) is 205 Å². The number of hydrogen-bond donors (Lipinski definition) is 0. The highest BCUT2D eigenvalue weighted by Gasteiger charge is 2.24. The van der Waals surface area contributed by atoms with Crippen molar-refractivity contribution in [2.45, 2.75) is 0 Å². The van der Waals surface area contributed by atoms with E-state index in [0.29, 0.717) is 0 Å². The first-order valence-electron chi connectivity index (χ1n) is 18.4. The van der Waals surface area contributed by atoms with Gasteiger partial charge in [0.2, 0.25) is 0 Å². The van der Waals surface area contributed by atoms with Crippen LogP contribution >= 0.6 is 0 Å². The number of fused-ring (bicyclic) bond motifs is 4. The zero-order valence-corrected chi connectivity index (χ0v) is 29.6. The predicted octanol–water partition coefficient (Wildman–Crippen LogP) is 14.9. The van der Waals surface area contributed by atoms with Gasteiger partial charge in [-0.2, -0.15) is 0 Å². The van der Waals surface area contributed by atoms with Gasteiger partial charge in [-0.25, -0.2) is 0 Å². The first kappa shape index (κ1) is 31.6. The Morgan fingerprint density at radius 2 is 0.870 bits per heavy atom. The van der Waals surface area contributed by atoms with Crippen molar-refractivity contribution in [2.75, 3.05) is 4.90 Å². The van der Waals surface area contributed by atoms with E-state index in [-0.39, 0.29) is 0 Å². The van der Waals surface area contributed by atoms with Crippen LogP contribution in [0.1, 0.15) is 0 Å². The van der Waals surface area contributed by atoms with Crippen LogP contribution in [0.3, 0.4) is 0 Å². The van der Waals surface area contributed by atoms with Gasteiger partial charge in [-0.1, -0.05) is 170 Å². The Kier molecular flexibility index (Phi) is 7.85. The highest BCUT2D eigenvalue weighted by atomic mass is 16.3. The number of hydrogen-bond acceptors (Lipinski definition) is 2. The molecule has 0 aliphatic heterocycles. The maximum Gasteiger partial charge on any atom is 0.135 e. The van der Waals surface area contributed by atoms with Crippen LogP contribution in [-0.2, 0) is 0 Å². The molecule has 0 bridgehead atoms. The van der Waals surface area contributed by atoms with Crippen LogP contribution in [0.5, 0.6) is 0 Å². The third kappa shape index (κ3) is 5.53. The van der Waals surface area contributed by atoms with E-state index in [0.717, 1.165) is 55.7 Å². The first-order chi connectivity index (χ1) is 26.8. The molecule has 10 aromatic rings. The lowest BCUT2D eigenvalue weighted by Gasteiger charge is -2.30. The van der Waals surface area contributed by atoms with Crippen molar-refractivity contribution < 1.29 is 4.42 Å². The molecule has 1 heterocycles. The summed E-state index contributed by atoms with van der Waals surface area (Å²) < 4.78 is 6.33. The van der Waals surface area contributed by atoms with E-state index in [9.17, 15) is 0 Å². The van der Waals surface area contributed by atoms with Gasteiger partial charge < -0.3 is 9.32 Å². The van der Waals surface area contributed by atoms with Crippen LogP contribution in [0.15, 0.2) is 217 Å². The van der Waals surface area contributed by atoms with E-state index < -0.39 is 0 Å². The molecule has 254 valence electrons. The smallest absolute Gasteiger partial charge is 0.135 e. The average Bonchev–Trinajstić information content (AvgIpc) is 3.62. The Balaban J connectivity index is 1.28.